The number of halogens is 1. The van der Waals surface area contributed by atoms with Crippen LogP contribution in [0.15, 0.2) is 60.7 Å². The molecule has 6 nitrogen and oxygen atoms in total. The first-order chi connectivity index (χ1) is 20.2. The number of anilines is 2. The van der Waals surface area contributed by atoms with Crippen LogP contribution in [0.25, 0.3) is 0 Å². The fraction of sp³-hybridized carbons (Fsp3) is 0.429. The third kappa shape index (κ3) is 5.54. The first-order valence-corrected chi connectivity index (χ1v) is 15.3. The quantitative estimate of drug-likeness (QED) is 0.303. The Kier molecular flexibility index (Phi) is 7.79. The Morgan fingerprint density at radius 1 is 0.976 bits per heavy atom. The van der Waals surface area contributed by atoms with E-state index < -0.39 is 29.3 Å². The van der Waals surface area contributed by atoms with E-state index in [0.717, 1.165) is 41.6 Å². The molecule has 0 bridgehead atoms. The maximum atomic E-state index is 15.0. The van der Waals surface area contributed by atoms with Gasteiger partial charge in [0.05, 0.1) is 23.1 Å². The highest BCUT2D eigenvalue weighted by atomic mass is 19.1. The Balaban J connectivity index is 1.32. The van der Waals surface area contributed by atoms with Gasteiger partial charge in [0.1, 0.15) is 5.82 Å². The zero-order valence-corrected chi connectivity index (χ0v) is 24.5. The van der Waals surface area contributed by atoms with Gasteiger partial charge in [-0.3, -0.25) is 9.59 Å². The molecule has 2 fully saturated rings. The molecule has 6 rings (SSSR count). The summed E-state index contributed by atoms with van der Waals surface area (Å²) >= 11 is 0. The van der Waals surface area contributed by atoms with Gasteiger partial charge in [-0.05, 0) is 105 Å². The second-order valence-corrected chi connectivity index (χ2v) is 12.5. The van der Waals surface area contributed by atoms with Gasteiger partial charge >= 0.3 is 0 Å². The lowest BCUT2D eigenvalue weighted by Crippen LogP contribution is -2.46. The lowest BCUT2D eigenvalue weighted by atomic mass is 9.83. The minimum Gasteiger partial charge on any atom is -0.385 e. The average Bonchev–Trinajstić information content (AvgIpc) is 3.60. The van der Waals surface area contributed by atoms with Crippen molar-refractivity contribution in [2.24, 2.45) is 5.92 Å². The first kappa shape index (κ1) is 28.4. The highest BCUT2D eigenvalue weighted by Crippen LogP contribution is 2.41. The number of piperidine rings is 1. The zero-order chi connectivity index (χ0) is 29.4. The highest BCUT2D eigenvalue weighted by molar-refractivity contribution is 5.98. The van der Waals surface area contributed by atoms with E-state index in [9.17, 15) is 19.1 Å². The van der Waals surface area contributed by atoms with Crippen molar-refractivity contribution in [2.45, 2.75) is 82.9 Å². The second kappa shape index (κ2) is 11.5. The molecule has 2 amide bonds. The summed E-state index contributed by atoms with van der Waals surface area (Å²) in [5.41, 5.74) is 4.16. The van der Waals surface area contributed by atoms with Crippen LogP contribution in [0.1, 0.15) is 90.5 Å². The van der Waals surface area contributed by atoms with Crippen LogP contribution in [0.2, 0.25) is 0 Å². The van der Waals surface area contributed by atoms with Crippen molar-refractivity contribution in [3.8, 4) is 0 Å². The summed E-state index contributed by atoms with van der Waals surface area (Å²) in [6.07, 6.45) is 7.49. The maximum Gasteiger partial charge on any atom is 0.257 e. The Morgan fingerprint density at radius 2 is 1.71 bits per heavy atom. The molecular formula is C35H40FN3O3. The van der Waals surface area contributed by atoms with E-state index in [-0.39, 0.29) is 11.5 Å². The van der Waals surface area contributed by atoms with Crippen LogP contribution in [-0.2, 0) is 16.8 Å². The van der Waals surface area contributed by atoms with Gasteiger partial charge in [-0.25, -0.2) is 4.39 Å². The zero-order valence-electron chi connectivity index (χ0n) is 24.5. The molecule has 2 unspecified atom stereocenters. The van der Waals surface area contributed by atoms with Crippen LogP contribution in [0.5, 0.6) is 0 Å². The highest BCUT2D eigenvalue weighted by Gasteiger charge is 2.41. The fourth-order valence-corrected chi connectivity index (χ4v) is 7.16. The van der Waals surface area contributed by atoms with Gasteiger partial charge in [0.2, 0.25) is 5.91 Å². The van der Waals surface area contributed by atoms with Gasteiger partial charge < -0.3 is 20.6 Å². The lowest BCUT2D eigenvalue weighted by molar-refractivity contribution is -0.123. The van der Waals surface area contributed by atoms with Crippen LogP contribution in [0.3, 0.4) is 0 Å². The van der Waals surface area contributed by atoms with Crippen molar-refractivity contribution in [2.75, 3.05) is 17.2 Å². The van der Waals surface area contributed by atoms with Crippen LogP contribution in [-0.4, -0.2) is 34.4 Å². The van der Waals surface area contributed by atoms with Crippen molar-refractivity contribution in [3.63, 3.8) is 0 Å². The van der Waals surface area contributed by atoms with E-state index >= 15 is 0 Å². The third-order valence-corrected chi connectivity index (χ3v) is 9.48. The Morgan fingerprint density at radius 3 is 2.45 bits per heavy atom. The SMILES string of the molecule is Cc1cccc(F)c1C(=O)N1CCC[C@H](C(=O)Nc2ccc3c(c2)C(C)(O)CC3)C1c1ccc(NC2CCCC2)cc1. The number of hydrogen-bond acceptors (Lipinski definition) is 4. The van der Waals surface area contributed by atoms with Gasteiger partial charge in [-0.1, -0.05) is 43.2 Å². The second-order valence-electron chi connectivity index (χ2n) is 12.5. The summed E-state index contributed by atoms with van der Waals surface area (Å²) in [5, 5.41) is 17.5. The molecule has 1 saturated carbocycles. The summed E-state index contributed by atoms with van der Waals surface area (Å²) in [6, 6.07) is 18.3. The van der Waals surface area contributed by atoms with E-state index in [1.165, 1.54) is 18.9 Å². The molecule has 1 heterocycles. The molecule has 0 aromatic heterocycles. The van der Waals surface area contributed by atoms with Crippen molar-refractivity contribution < 1.29 is 19.1 Å². The molecule has 1 saturated heterocycles. The van der Waals surface area contributed by atoms with Gasteiger partial charge in [0, 0.05) is 24.0 Å². The van der Waals surface area contributed by atoms with Gasteiger partial charge in [-0.15, -0.1) is 0 Å². The Labute approximate surface area is 247 Å². The number of carbonyl (C=O) groups excluding carboxylic acids is 2. The molecule has 1 aliphatic heterocycles. The summed E-state index contributed by atoms with van der Waals surface area (Å²) in [7, 11) is 0. The van der Waals surface area contributed by atoms with E-state index in [0.29, 0.717) is 43.1 Å². The van der Waals surface area contributed by atoms with Crippen molar-refractivity contribution >= 4 is 23.2 Å². The fourth-order valence-electron chi connectivity index (χ4n) is 7.16. The minimum absolute atomic E-state index is 0.0592. The van der Waals surface area contributed by atoms with E-state index in [2.05, 4.69) is 10.6 Å². The standard InChI is InChI=1S/C35H40FN3O3/c1-22-7-5-11-30(36)31(22)34(41)39-20-6-10-28(32(39)24-13-15-26(16-14-24)37-25-8-3-4-9-25)33(40)38-27-17-12-23-18-19-35(2,42)29(23)21-27/h5,7,11-17,21,25,28,32,37,42H,3-4,6,8-10,18-20H2,1-2H3,(H,38,40)/t28-,32?,35?/m0/s1. The lowest BCUT2D eigenvalue weighted by Gasteiger charge is -2.41. The van der Waals surface area contributed by atoms with Crippen molar-refractivity contribution in [3.05, 3.63) is 94.3 Å². The average molecular weight is 570 g/mol. The van der Waals surface area contributed by atoms with E-state index in [1.807, 2.05) is 42.5 Å². The number of carbonyl (C=O) groups is 2. The number of hydrogen-bond donors (Lipinski definition) is 3. The summed E-state index contributed by atoms with van der Waals surface area (Å²) in [5.74, 6) is -1.66. The summed E-state index contributed by atoms with van der Waals surface area (Å²) in [4.78, 5) is 29.6. The smallest absolute Gasteiger partial charge is 0.257 e. The van der Waals surface area contributed by atoms with Crippen LogP contribution >= 0.6 is 0 Å². The topological polar surface area (TPSA) is 81.7 Å². The largest absolute Gasteiger partial charge is 0.385 e. The normalized spacial score (nSPS) is 24.0. The van der Waals surface area contributed by atoms with Crippen LogP contribution in [0.4, 0.5) is 15.8 Å². The predicted molar refractivity (Wildman–Crippen MR) is 163 cm³/mol. The number of amides is 2. The number of likely N-dealkylation sites (tertiary alicyclic amines) is 1. The molecular weight excluding hydrogens is 529 g/mol. The molecule has 2 aliphatic carbocycles. The molecule has 3 N–H and O–H groups in total. The molecule has 7 heteroatoms. The number of nitrogens with one attached hydrogen (secondary N) is 2. The number of benzene rings is 3. The number of fused-ring (bicyclic) bond motifs is 1. The summed E-state index contributed by atoms with van der Waals surface area (Å²) < 4.78 is 15.0. The molecule has 42 heavy (non-hydrogen) atoms. The monoisotopic (exact) mass is 569 g/mol. The molecule has 3 atom stereocenters. The molecule has 3 aromatic rings. The molecule has 0 radical (unpaired) electrons. The Bertz CT molecular complexity index is 1460. The predicted octanol–water partition coefficient (Wildman–Crippen LogP) is 6.87. The van der Waals surface area contributed by atoms with Gasteiger partial charge in [0.25, 0.3) is 5.91 Å². The maximum absolute atomic E-state index is 15.0. The first-order valence-electron chi connectivity index (χ1n) is 15.3. The van der Waals surface area contributed by atoms with Crippen molar-refractivity contribution in [1.29, 1.82) is 0 Å². The van der Waals surface area contributed by atoms with Gasteiger partial charge in [-0.2, -0.15) is 0 Å². The molecule has 220 valence electrons. The molecule has 3 aliphatic rings. The molecule has 0 spiro atoms. The van der Waals surface area contributed by atoms with Crippen LogP contribution < -0.4 is 10.6 Å². The van der Waals surface area contributed by atoms with E-state index in [4.69, 9.17) is 0 Å². The minimum atomic E-state index is -0.918. The number of nitrogens with zero attached hydrogens (tertiary/aromatic N) is 1. The summed E-state index contributed by atoms with van der Waals surface area (Å²) in [6.45, 7) is 3.98. The number of aryl methyl sites for hydroxylation is 2. The molecule has 3 aromatic carbocycles. The number of rotatable bonds is 6. The van der Waals surface area contributed by atoms with E-state index in [1.54, 1.807) is 30.9 Å². The number of aliphatic hydroxyl groups is 1. The van der Waals surface area contributed by atoms with Crippen molar-refractivity contribution in [1.82, 2.24) is 4.90 Å². The van der Waals surface area contributed by atoms with Crippen LogP contribution in [0, 0.1) is 18.7 Å². The third-order valence-electron chi connectivity index (χ3n) is 9.48. The van der Waals surface area contributed by atoms with Gasteiger partial charge in [0.15, 0.2) is 0 Å². The Hall–Kier alpha value is -3.71.